The van der Waals surface area contributed by atoms with Gasteiger partial charge in [-0.3, -0.25) is 0 Å². The van der Waals surface area contributed by atoms with Crippen LogP contribution in [0.3, 0.4) is 0 Å². The van der Waals surface area contributed by atoms with E-state index in [-0.39, 0.29) is 0 Å². The first kappa shape index (κ1) is 11.7. The van der Waals surface area contributed by atoms with E-state index in [1.807, 2.05) is 11.3 Å². The standard InChI is InChI=1S/C11H20N2S/c1-4-13(3)9-10(2)12-8-11-6-5-7-14-11/h5-7,10,12H,4,8-9H2,1-3H3. The van der Waals surface area contributed by atoms with Crippen LogP contribution in [0.1, 0.15) is 18.7 Å². The largest absolute Gasteiger partial charge is 0.308 e. The molecule has 1 aromatic rings. The van der Waals surface area contributed by atoms with Crippen LogP contribution in [0.25, 0.3) is 0 Å². The summed E-state index contributed by atoms with van der Waals surface area (Å²) in [5.41, 5.74) is 0. The Bertz CT molecular complexity index is 233. The van der Waals surface area contributed by atoms with Crippen LogP contribution in [0.4, 0.5) is 0 Å². The predicted octanol–water partition coefficient (Wildman–Crippen LogP) is 2.18. The second-order valence-electron chi connectivity index (χ2n) is 3.72. The van der Waals surface area contributed by atoms with Crippen LogP contribution in [-0.2, 0) is 6.54 Å². The maximum atomic E-state index is 3.52. The van der Waals surface area contributed by atoms with Crippen molar-refractivity contribution in [3.8, 4) is 0 Å². The van der Waals surface area contributed by atoms with Crippen molar-refractivity contribution in [1.82, 2.24) is 10.2 Å². The Morgan fingerprint density at radius 1 is 1.57 bits per heavy atom. The van der Waals surface area contributed by atoms with Gasteiger partial charge in [0, 0.05) is 24.0 Å². The molecule has 0 aliphatic rings. The van der Waals surface area contributed by atoms with Crippen LogP contribution in [-0.4, -0.2) is 31.1 Å². The lowest BCUT2D eigenvalue weighted by Gasteiger charge is -2.20. The van der Waals surface area contributed by atoms with Gasteiger partial charge in [-0.05, 0) is 32.0 Å². The molecule has 14 heavy (non-hydrogen) atoms. The van der Waals surface area contributed by atoms with Gasteiger partial charge in [-0.15, -0.1) is 11.3 Å². The van der Waals surface area contributed by atoms with Gasteiger partial charge in [0.15, 0.2) is 0 Å². The van der Waals surface area contributed by atoms with Gasteiger partial charge < -0.3 is 10.2 Å². The van der Waals surface area contributed by atoms with E-state index >= 15 is 0 Å². The van der Waals surface area contributed by atoms with Gasteiger partial charge in [0.05, 0.1) is 0 Å². The van der Waals surface area contributed by atoms with Crippen molar-refractivity contribution in [3.05, 3.63) is 22.4 Å². The van der Waals surface area contributed by atoms with Gasteiger partial charge in [0.25, 0.3) is 0 Å². The van der Waals surface area contributed by atoms with E-state index in [4.69, 9.17) is 0 Å². The highest BCUT2D eigenvalue weighted by molar-refractivity contribution is 7.09. The first-order valence-electron chi connectivity index (χ1n) is 5.16. The van der Waals surface area contributed by atoms with Gasteiger partial charge in [-0.2, -0.15) is 0 Å². The Kier molecular flexibility index (Phi) is 5.15. The molecular formula is C11H20N2S. The van der Waals surface area contributed by atoms with Crippen molar-refractivity contribution >= 4 is 11.3 Å². The van der Waals surface area contributed by atoms with E-state index < -0.39 is 0 Å². The van der Waals surface area contributed by atoms with Crippen molar-refractivity contribution in [3.63, 3.8) is 0 Å². The Balaban J connectivity index is 2.18. The minimum atomic E-state index is 0.557. The highest BCUT2D eigenvalue weighted by atomic mass is 32.1. The van der Waals surface area contributed by atoms with Crippen LogP contribution in [0, 0.1) is 0 Å². The fourth-order valence-electron chi connectivity index (χ4n) is 1.35. The van der Waals surface area contributed by atoms with E-state index in [1.165, 1.54) is 4.88 Å². The van der Waals surface area contributed by atoms with Crippen LogP contribution in [0.15, 0.2) is 17.5 Å². The molecule has 1 unspecified atom stereocenters. The molecule has 0 aliphatic carbocycles. The summed E-state index contributed by atoms with van der Waals surface area (Å²) in [6.45, 7) is 7.65. The fourth-order valence-corrected chi connectivity index (χ4v) is 2.00. The van der Waals surface area contributed by atoms with Crippen LogP contribution in [0.2, 0.25) is 0 Å². The topological polar surface area (TPSA) is 15.3 Å². The zero-order valence-corrected chi connectivity index (χ0v) is 10.1. The molecule has 0 aliphatic heterocycles. The highest BCUT2D eigenvalue weighted by Gasteiger charge is 2.04. The zero-order chi connectivity index (χ0) is 10.4. The number of hydrogen-bond donors (Lipinski definition) is 1. The third-order valence-electron chi connectivity index (χ3n) is 2.33. The highest BCUT2D eigenvalue weighted by Crippen LogP contribution is 2.07. The molecule has 0 radical (unpaired) electrons. The molecule has 80 valence electrons. The second kappa shape index (κ2) is 6.17. The molecule has 0 saturated carbocycles. The molecule has 0 aromatic carbocycles. The quantitative estimate of drug-likeness (QED) is 0.777. The normalized spacial score (nSPS) is 13.4. The minimum absolute atomic E-state index is 0.557. The van der Waals surface area contributed by atoms with Gasteiger partial charge in [-0.1, -0.05) is 13.0 Å². The Labute approximate surface area is 90.9 Å². The van der Waals surface area contributed by atoms with E-state index in [0.29, 0.717) is 6.04 Å². The number of nitrogens with zero attached hydrogens (tertiary/aromatic N) is 1. The number of thiophene rings is 1. The number of likely N-dealkylation sites (N-methyl/N-ethyl adjacent to an activating group) is 1. The maximum Gasteiger partial charge on any atom is 0.0302 e. The van der Waals surface area contributed by atoms with Crippen molar-refractivity contribution in [2.24, 2.45) is 0 Å². The molecule has 1 aromatic heterocycles. The molecule has 1 rings (SSSR count). The van der Waals surface area contributed by atoms with Crippen LogP contribution >= 0.6 is 11.3 Å². The summed E-state index contributed by atoms with van der Waals surface area (Å²) in [5.74, 6) is 0. The molecule has 0 bridgehead atoms. The lowest BCUT2D eigenvalue weighted by atomic mass is 10.3. The fraction of sp³-hybridized carbons (Fsp3) is 0.636. The number of hydrogen-bond acceptors (Lipinski definition) is 3. The second-order valence-corrected chi connectivity index (χ2v) is 4.75. The maximum absolute atomic E-state index is 3.52. The number of rotatable bonds is 6. The van der Waals surface area contributed by atoms with Gasteiger partial charge in [-0.25, -0.2) is 0 Å². The summed E-state index contributed by atoms with van der Waals surface area (Å²) >= 11 is 1.81. The summed E-state index contributed by atoms with van der Waals surface area (Å²) in [7, 11) is 2.16. The molecule has 1 atom stereocenters. The van der Waals surface area contributed by atoms with Gasteiger partial charge >= 0.3 is 0 Å². The van der Waals surface area contributed by atoms with Gasteiger partial charge in [0.1, 0.15) is 0 Å². The molecule has 1 N–H and O–H groups in total. The van der Waals surface area contributed by atoms with E-state index in [1.54, 1.807) is 0 Å². The lowest BCUT2D eigenvalue weighted by Crippen LogP contribution is -2.36. The molecule has 0 saturated heterocycles. The molecule has 1 heterocycles. The van der Waals surface area contributed by atoms with Crippen molar-refractivity contribution in [1.29, 1.82) is 0 Å². The summed E-state index contributed by atoms with van der Waals surface area (Å²) in [6.07, 6.45) is 0. The smallest absolute Gasteiger partial charge is 0.0302 e. The third-order valence-corrected chi connectivity index (χ3v) is 3.21. The Morgan fingerprint density at radius 2 is 2.36 bits per heavy atom. The summed E-state index contributed by atoms with van der Waals surface area (Å²) in [5, 5.41) is 5.64. The van der Waals surface area contributed by atoms with E-state index in [2.05, 4.69) is 48.6 Å². The average molecular weight is 212 g/mol. The predicted molar refractivity (Wildman–Crippen MR) is 63.8 cm³/mol. The lowest BCUT2D eigenvalue weighted by molar-refractivity contribution is 0.310. The SMILES string of the molecule is CCN(C)CC(C)NCc1cccs1. The average Bonchev–Trinajstić information content (AvgIpc) is 2.67. The molecule has 2 nitrogen and oxygen atoms in total. The Morgan fingerprint density at radius 3 is 2.93 bits per heavy atom. The first-order chi connectivity index (χ1) is 6.72. The summed E-state index contributed by atoms with van der Waals surface area (Å²) in [4.78, 5) is 3.74. The molecule has 0 spiro atoms. The van der Waals surface area contributed by atoms with E-state index in [0.717, 1.165) is 19.6 Å². The molecule has 0 amide bonds. The molecule has 3 heteroatoms. The van der Waals surface area contributed by atoms with Crippen molar-refractivity contribution in [2.75, 3.05) is 20.1 Å². The van der Waals surface area contributed by atoms with E-state index in [9.17, 15) is 0 Å². The van der Waals surface area contributed by atoms with Gasteiger partial charge in [0.2, 0.25) is 0 Å². The molecular weight excluding hydrogens is 192 g/mol. The minimum Gasteiger partial charge on any atom is -0.308 e. The third kappa shape index (κ3) is 4.22. The monoisotopic (exact) mass is 212 g/mol. The van der Waals surface area contributed by atoms with Crippen LogP contribution in [0.5, 0.6) is 0 Å². The van der Waals surface area contributed by atoms with Crippen molar-refractivity contribution < 1.29 is 0 Å². The van der Waals surface area contributed by atoms with Crippen molar-refractivity contribution in [2.45, 2.75) is 26.4 Å². The Hall–Kier alpha value is -0.380. The molecule has 0 fully saturated rings. The number of nitrogens with one attached hydrogen (secondary N) is 1. The summed E-state index contributed by atoms with van der Waals surface area (Å²) < 4.78 is 0. The first-order valence-corrected chi connectivity index (χ1v) is 6.04. The summed E-state index contributed by atoms with van der Waals surface area (Å²) in [6, 6.07) is 4.83. The van der Waals surface area contributed by atoms with Crippen LogP contribution < -0.4 is 5.32 Å². The zero-order valence-electron chi connectivity index (χ0n) is 9.29.